The second-order valence-electron chi connectivity index (χ2n) is 7.58. The maximum absolute atomic E-state index is 13.9. The lowest BCUT2D eigenvalue weighted by atomic mass is 10.1. The third kappa shape index (κ3) is 5.57. The molecule has 2 aromatic carbocycles. The molecule has 0 spiro atoms. The number of fused-ring (bicyclic) bond motifs is 1. The zero-order valence-electron chi connectivity index (χ0n) is 18.6. The first-order valence-corrected chi connectivity index (χ1v) is 10.4. The van der Waals surface area contributed by atoms with Gasteiger partial charge < -0.3 is 14.8 Å². The van der Waals surface area contributed by atoms with Crippen molar-refractivity contribution >= 4 is 23.2 Å². The minimum Gasteiger partial charge on any atom is -0.493 e. The molecule has 1 N–H and O–H groups in total. The summed E-state index contributed by atoms with van der Waals surface area (Å²) in [6.45, 7) is 2.28. The topological polar surface area (TPSA) is 71.1 Å². The van der Waals surface area contributed by atoms with Gasteiger partial charge in [-0.2, -0.15) is 13.2 Å². The number of nitrogens with zero attached hydrogens (tertiary/aromatic N) is 2. The van der Waals surface area contributed by atoms with E-state index in [0.29, 0.717) is 29.5 Å². The van der Waals surface area contributed by atoms with E-state index in [1.54, 1.807) is 29.2 Å². The third-order valence-electron chi connectivity index (χ3n) is 5.43. The quantitative estimate of drug-likeness (QED) is 0.673. The fourth-order valence-corrected chi connectivity index (χ4v) is 3.78. The Bertz CT molecular complexity index is 1010. The van der Waals surface area contributed by atoms with Crippen molar-refractivity contribution in [3.63, 3.8) is 0 Å². The number of halogens is 3. The van der Waals surface area contributed by atoms with E-state index in [1.807, 2.05) is 6.92 Å². The largest absolute Gasteiger partial charge is 0.493 e. The summed E-state index contributed by atoms with van der Waals surface area (Å²) in [6, 6.07) is 9.04. The fourth-order valence-electron chi connectivity index (χ4n) is 3.78. The van der Waals surface area contributed by atoms with E-state index in [4.69, 9.17) is 9.47 Å². The Kier molecular flexibility index (Phi) is 7.47. The number of nitrogens with one attached hydrogen (secondary N) is 1. The van der Waals surface area contributed by atoms with Crippen molar-refractivity contribution in [1.29, 1.82) is 0 Å². The zero-order valence-corrected chi connectivity index (χ0v) is 18.6. The number of methoxy groups -OCH3 is 2. The molecule has 1 aliphatic heterocycles. The minimum atomic E-state index is -4.77. The first-order chi connectivity index (χ1) is 15.7. The number of ether oxygens (including phenoxy) is 2. The zero-order chi connectivity index (χ0) is 24.2. The van der Waals surface area contributed by atoms with Crippen molar-refractivity contribution in [2.24, 2.45) is 0 Å². The maximum atomic E-state index is 13.9. The van der Waals surface area contributed by atoms with Gasteiger partial charge in [0.2, 0.25) is 11.8 Å². The van der Waals surface area contributed by atoms with Crippen LogP contribution in [0.4, 0.5) is 24.5 Å². The molecule has 2 amide bonds. The summed E-state index contributed by atoms with van der Waals surface area (Å²) >= 11 is 0. The first kappa shape index (κ1) is 24.4. The molecule has 33 heavy (non-hydrogen) atoms. The SMILES string of the molecule is CCN(CC(=O)N1c2ccccc2NC(=O)C[C@H]1C(F)(F)F)Cc1ccc(OC)c(OC)c1. The molecule has 0 saturated carbocycles. The van der Waals surface area contributed by atoms with Gasteiger partial charge in [-0.1, -0.05) is 25.1 Å². The Morgan fingerprint density at radius 3 is 2.48 bits per heavy atom. The number of carbonyl (C=O) groups is 2. The molecule has 1 atom stereocenters. The average molecular weight is 465 g/mol. The standard InChI is InChI=1S/C23H26F3N3O4/c1-4-28(13-15-9-10-18(32-2)19(11-15)33-3)14-22(31)29-17-8-6-5-7-16(17)27-21(30)12-20(29)23(24,25)26/h5-11,20H,4,12-14H2,1-3H3,(H,27,30)/t20-/m0/s1. The molecular weight excluding hydrogens is 439 g/mol. The van der Waals surface area contributed by atoms with E-state index in [1.165, 1.54) is 32.4 Å². The fraction of sp³-hybridized carbons (Fsp3) is 0.391. The minimum absolute atomic E-state index is 0.0258. The van der Waals surface area contributed by atoms with E-state index in [-0.39, 0.29) is 17.9 Å². The van der Waals surface area contributed by atoms with Crippen LogP contribution in [0.5, 0.6) is 11.5 Å². The molecule has 0 bridgehead atoms. The highest BCUT2D eigenvalue weighted by atomic mass is 19.4. The molecule has 2 aromatic rings. The van der Waals surface area contributed by atoms with Gasteiger partial charge in [0.15, 0.2) is 11.5 Å². The van der Waals surface area contributed by atoms with Crippen LogP contribution in [-0.2, 0) is 16.1 Å². The van der Waals surface area contributed by atoms with Gasteiger partial charge in [0.1, 0.15) is 6.04 Å². The summed E-state index contributed by atoms with van der Waals surface area (Å²) in [6.07, 6.45) is -5.64. The molecule has 1 aliphatic rings. The molecule has 178 valence electrons. The van der Waals surface area contributed by atoms with E-state index in [9.17, 15) is 22.8 Å². The Hall–Kier alpha value is -3.27. The molecule has 0 radical (unpaired) electrons. The van der Waals surface area contributed by atoms with Crippen LogP contribution in [-0.4, -0.2) is 56.2 Å². The number of hydrogen-bond acceptors (Lipinski definition) is 5. The molecular formula is C23H26F3N3O4. The molecule has 0 aliphatic carbocycles. The highest BCUT2D eigenvalue weighted by molar-refractivity contribution is 6.05. The smallest absolute Gasteiger partial charge is 0.409 e. The van der Waals surface area contributed by atoms with Crippen molar-refractivity contribution in [3.8, 4) is 11.5 Å². The summed E-state index contributed by atoms with van der Waals surface area (Å²) < 4.78 is 52.2. The summed E-state index contributed by atoms with van der Waals surface area (Å²) in [7, 11) is 3.02. The van der Waals surface area contributed by atoms with Crippen LogP contribution in [0.2, 0.25) is 0 Å². The van der Waals surface area contributed by atoms with Gasteiger partial charge in [0, 0.05) is 6.54 Å². The average Bonchev–Trinajstić information content (AvgIpc) is 2.94. The van der Waals surface area contributed by atoms with Crippen LogP contribution >= 0.6 is 0 Å². The molecule has 7 nitrogen and oxygen atoms in total. The number of anilines is 2. The van der Waals surface area contributed by atoms with Crippen molar-refractivity contribution in [1.82, 2.24) is 4.90 Å². The van der Waals surface area contributed by atoms with Crippen LogP contribution < -0.4 is 19.7 Å². The van der Waals surface area contributed by atoms with Gasteiger partial charge in [-0.25, -0.2) is 0 Å². The summed E-state index contributed by atoms with van der Waals surface area (Å²) in [5, 5.41) is 2.47. The molecule has 1 heterocycles. The second kappa shape index (κ2) is 10.1. The lowest BCUT2D eigenvalue weighted by molar-refractivity contribution is -0.158. The predicted molar refractivity (Wildman–Crippen MR) is 118 cm³/mol. The Balaban J connectivity index is 1.88. The van der Waals surface area contributed by atoms with Crippen LogP contribution in [0, 0.1) is 0 Å². The number of carbonyl (C=O) groups excluding carboxylic acids is 2. The van der Waals surface area contributed by atoms with Gasteiger partial charge in [0.05, 0.1) is 38.6 Å². The van der Waals surface area contributed by atoms with Crippen LogP contribution in [0.25, 0.3) is 0 Å². The van der Waals surface area contributed by atoms with Crippen molar-refractivity contribution in [2.45, 2.75) is 32.1 Å². The lowest BCUT2D eigenvalue weighted by Gasteiger charge is -2.33. The number of alkyl halides is 3. The van der Waals surface area contributed by atoms with E-state index < -0.39 is 30.5 Å². The Morgan fingerprint density at radius 1 is 1.15 bits per heavy atom. The highest BCUT2D eigenvalue weighted by Crippen LogP contribution is 2.38. The Morgan fingerprint density at radius 2 is 1.85 bits per heavy atom. The number of amides is 2. The van der Waals surface area contributed by atoms with Crippen LogP contribution in [0.3, 0.4) is 0 Å². The van der Waals surface area contributed by atoms with Gasteiger partial charge in [0.25, 0.3) is 0 Å². The molecule has 0 unspecified atom stereocenters. The molecule has 3 rings (SSSR count). The van der Waals surface area contributed by atoms with Crippen molar-refractivity contribution in [3.05, 3.63) is 48.0 Å². The summed E-state index contributed by atoms with van der Waals surface area (Å²) in [5.41, 5.74) is 1.01. The first-order valence-electron chi connectivity index (χ1n) is 10.4. The van der Waals surface area contributed by atoms with Crippen LogP contribution in [0.15, 0.2) is 42.5 Å². The number of benzene rings is 2. The number of hydrogen-bond donors (Lipinski definition) is 1. The molecule has 0 aromatic heterocycles. The van der Waals surface area contributed by atoms with E-state index in [2.05, 4.69) is 5.32 Å². The molecule has 0 fully saturated rings. The summed E-state index contributed by atoms with van der Waals surface area (Å²) in [4.78, 5) is 27.8. The molecule has 0 saturated heterocycles. The normalized spacial score (nSPS) is 16.2. The van der Waals surface area contributed by atoms with Crippen molar-refractivity contribution in [2.75, 3.05) is 37.5 Å². The monoisotopic (exact) mass is 465 g/mol. The van der Waals surface area contributed by atoms with Crippen LogP contribution in [0.1, 0.15) is 18.9 Å². The number of likely N-dealkylation sites (N-methyl/N-ethyl adjacent to an activating group) is 1. The lowest BCUT2D eigenvalue weighted by Crippen LogP contribution is -2.52. The highest BCUT2D eigenvalue weighted by Gasteiger charge is 2.49. The van der Waals surface area contributed by atoms with Gasteiger partial charge in [-0.3, -0.25) is 19.4 Å². The van der Waals surface area contributed by atoms with Crippen molar-refractivity contribution < 1.29 is 32.2 Å². The number of rotatable bonds is 7. The molecule has 10 heteroatoms. The second-order valence-corrected chi connectivity index (χ2v) is 7.58. The Labute approximate surface area is 190 Å². The van der Waals surface area contributed by atoms with Gasteiger partial charge in [-0.15, -0.1) is 0 Å². The predicted octanol–water partition coefficient (Wildman–Crippen LogP) is 3.83. The maximum Gasteiger partial charge on any atom is 0.409 e. The number of para-hydroxylation sites is 2. The summed E-state index contributed by atoms with van der Waals surface area (Å²) in [5.74, 6) is -0.478. The van der Waals surface area contributed by atoms with Gasteiger partial charge in [-0.05, 0) is 36.4 Å². The van der Waals surface area contributed by atoms with E-state index in [0.717, 1.165) is 5.56 Å². The van der Waals surface area contributed by atoms with E-state index >= 15 is 0 Å². The third-order valence-corrected chi connectivity index (χ3v) is 5.43. The van der Waals surface area contributed by atoms with Gasteiger partial charge >= 0.3 is 6.18 Å².